The molecule has 2 amide bonds. The summed E-state index contributed by atoms with van der Waals surface area (Å²) in [6, 6.07) is 3.22. The fraction of sp³-hybridized carbons (Fsp3) is 0.455. The third-order valence-electron chi connectivity index (χ3n) is 5.24. The van der Waals surface area contributed by atoms with E-state index < -0.39 is 5.67 Å². The van der Waals surface area contributed by atoms with Gasteiger partial charge >= 0.3 is 0 Å². The maximum atomic E-state index is 14.1. The van der Waals surface area contributed by atoms with Crippen LogP contribution in [0.5, 0.6) is 5.88 Å². The van der Waals surface area contributed by atoms with Crippen LogP contribution in [-0.4, -0.2) is 57.2 Å². The topological polar surface area (TPSA) is 105 Å². The van der Waals surface area contributed by atoms with Gasteiger partial charge in [-0.1, -0.05) is 18.5 Å². The molecule has 172 valence electrons. The SMILES string of the molecule is CCC(C)(F)COc1ncc(CN2Cc3c(ccnc3C(=O)NCCCO)C2=O)cc1Cl. The van der Waals surface area contributed by atoms with Gasteiger partial charge in [0.25, 0.3) is 11.8 Å². The fourth-order valence-electron chi connectivity index (χ4n) is 3.17. The number of aromatic nitrogens is 2. The smallest absolute Gasteiger partial charge is 0.270 e. The second kappa shape index (κ2) is 10.2. The van der Waals surface area contributed by atoms with Crippen LogP contribution in [0.2, 0.25) is 5.02 Å². The number of amides is 2. The monoisotopic (exact) mass is 464 g/mol. The van der Waals surface area contributed by atoms with E-state index in [0.29, 0.717) is 36.1 Å². The lowest BCUT2D eigenvalue weighted by atomic mass is 10.1. The lowest BCUT2D eigenvalue weighted by Crippen LogP contribution is -2.27. The molecule has 0 bridgehead atoms. The van der Waals surface area contributed by atoms with Gasteiger partial charge < -0.3 is 20.1 Å². The zero-order valence-corrected chi connectivity index (χ0v) is 18.8. The van der Waals surface area contributed by atoms with Gasteiger partial charge in [-0.3, -0.25) is 14.6 Å². The Morgan fingerprint density at radius 2 is 2.22 bits per heavy atom. The molecule has 8 nitrogen and oxygen atoms in total. The number of carbonyl (C=O) groups is 2. The van der Waals surface area contributed by atoms with Crippen molar-refractivity contribution in [1.82, 2.24) is 20.2 Å². The molecule has 1 aliphatic rings. The number of halogens is 2. The van der Waals surface area contributed by atoms with Crippen LogP contribution < -0.4 is 10.1 Å². The number of aliphatic hydroxyl groups excluding tert-OH is 1. The third kappa shape index (κ3) is 5.52. The predicted molar refractivity (Wildman–Crippen MR) is 116 cm³/mol. The number of alkyl halides is 1. The summed E-state index contributed by atoms with van der Waals surface area (Å²) in [4.78, 5) is 35.2. The number of hydrogen-bond acceptors (Lipinski definition) is 6. The van der Waals surface area contributed by atoms with Gasteiger partial charge in [0.2, 0.25) is 5.88 Å². The molecular weight excluding hydrogens is 439 g/mol. The highest BCUT2D eigenvalue weighted by molar-refractivity contribution is 6.31. The van der Waals surface area contributed by atoms with Crippen molar-refractivity contribution < 1.29 is 23.8 Å². The molecule has 1 unspecified atom stereocenters. The van der Waals surface area contributed by atoms with Crippen molar-refractivity contribution in [3.63, 3.8) is 0 Å². The van der Waals surface area contributed by atoms with Crippen molar-refractivity contribution >= 4 is 23.4 Å². The molecule has 0 aliphatic carbocycles. The van der Waals surface area contributed by atoms with Gasteiger partial charge in [0.15, 0.2) is 0 Å². The first-order valence-electron chi connectivity index (χ1n) is 10.4. The largest absolute Gasteiger partial charge is 0.473 e. The van der Waals surface area contributed by atoms with Gasteiger partial charge in [-0.05, 0) is 37.5 Å². The minimum absolute atomic E-state index is 0.0288. The van der Waals surface area contributed by atoms with Crippen molar-refractivity contribution in [1.29, 1.82) is 0 Å². The third-order valence-corrected chi connectivity index (χ3v) is 5.51. The molecule has 1 aliphatic heterocycles. The molecule has 0 fully saturated rings. The van der Waals surface area contributed by atoms with Crippen molar-refractivity contribution in [3.05, 3.63) is 51.9 Å². The molecule has 10 heteroatoms. The molecule has 2 N–H and O–H groups in total. The predicted octanol–water partition coefficient (Wildman–Crippen LogP) is 2.92. The Morgan fingerprint density at radius 1 is 1.44 bits per heavy atom. The van der Waals surface area contributed by atoms with E-state index in [9.17, 15) is 14.0 Å². The number of ether oxygens (including phenoxy) is 1. The number of rotatable bonds is 10. The van der Waals surface area contributed by atoms with Gasteiger partial charge in [0.1, 0.15) is 23.0 Å². The van der Waals surface area contributed by atoms with Crippen LogP contribution in [0.1, 0.15) is 58.7 Å². The van der Waals surface area contributed by atoms with E-state index in [4.69, 9.17) is 21.4 Å². The Bertz CT molecular complexity index is 1000. The molecular formula is C22H26ClFN4O4. The number of pyridine rings is 2. The molecule has 0 aromatic carbocycles. The van der Waals surface area contributed by atoms with E-state index in [1.807, 2.05) is 0 Å². The lowest BCUT2D eigenvalue weighted by molar-refractivity contribution is 0.0765. The van der Waals surface area contributed by atoms with E-state index in [2.05, 4.69) is 15.3 Å². The highest BCUT2D eigenvalue weighted by Gasteiger charge is 2.32. The standard InChI is InChI=1S/C22H26ClFN4O4/c1-3-22(2,24)13-32-20-17(23)9-14(10-27-20)11-28-12-16-15(21(28)31)5-7-25-18(16)19(30)26-6-4-8-29/h5,7,9-10,29H,3-4,6,8,11-13H2,1-2H3,(H,26,30). The lowest BCUT2D eigenvalue weighted by Gasteiger charge is -2.19. The molecule has 2 aromatic heterocycles. The summed E-state index contributed by atoms with van der Waals surface area (Å²) in [6.45, 7) is 3.74. The van der Waals surface area contributed by atoms with Crippen LogP contribution in [0.15, 0.2) is 24.5 Å². The van der Waals surface area contributed by atoms with Crippen molar-refractivity contribution in [3.8, 4) is 5.88 Å². The maximum absolute atomic E-state index is 14.1. The second-order valence-electron chi connectivity index (χ2n) is 7.87. The number of fused-ring (bicyclic) bond motifs is 1. The summed E-state index contributed by atoms with van der Waals surface area (Å²) in [5, 5.41) is 11.8. The number of nitrogens with one attached hydrogen (secondary N) is 1. The summed E-state index contributed by atoms with van der Waals surface area (Å²) in [7, 11) is 0. The molecule has 0 radical (unpaired) electrons. The summed E-state index contributed by atoms with van der Waals surface area (Å²) in [5.74, 6) is -0.475. The van der Waals surface area contributed by atoms with Gasteiger partial charge in [-0.25, -0.2) is 9.37 Å². The zero-order chi connectivity index (χ0) is 23.3. The average Bonchev–Trinajstić information content (AvgIpc) is 3.08. The summed E-state index contributed by atoms with van der Waals surface area (Å²) in [5.41, 5.74) is 0.367. The first-order valence-corrected chi connectivity index (χ1v) is 10.8. The van der Waals surface area contributed by atoms with Crippen molar-refractivity contribution in [2.24, 2.45) is 0 Å². The van der Waals surface area contributed by atoms with E-state index in [0.717, 1.165) is 0 Å². The van der Waals surface area contributed by atoms with Crippen LogP contribution in [0.3, 0.4) is 0 Å². The second-order valence-corrected chi connectivity index (χ2v) is 8.27. The van der Waals surface area contributed by atoms with Gasteiger partial charge in [-0.2, -0.15) is 0 Å². The summed E-state index contributed by atoms with van der Waals surface area (Å²) >= 11 is 6.25. The van der Waals surface area contributed by atoms with Gasteiger partial charge in [-0.15, -0.1) is 0 Å². The van der Waals surface area contributed by atoms with Crippen molar-refractivity contribution in [2.45, 2.75) is 45.4 Å². The van der Waals surface area contributed by atoms with Gasteiger partial charge in [0.05, 0.1) is 0 Å². The normalized spacial score (nSPS) is 14.8. The van der Waals surface area contributed by atoms with E-state index in [1.54, 1.807) is 24.0 Å². The van der Waals surface area contributed by atoms with Gasteiger partial charge in [0, 0.05) is 49.8 Å². The van der Waals surface area contributed by atoms with E-state index >= 15 is 0 Å². The number of hydrogen-bond donors (Lipinski definition) is 2. The minimum Gasteiger partial charge on any atom is -0.473 e. The van der Waals surface area contributed by atoms with E-state index in [1.165, 1.54) is 19.3 Å². The molecule has 3 heterocycles. The molecule has 3 rings (SSSR count). The molecule has 0 saturated carbocycles. The summed E-state index contributed by atoms with van der Waals surface area (Å²) in [6.07, 6.45) is 3.69. The van der Waals surface area contributed by atoms with Crippen LogP contribution in [0.25, 0.3) is 0 Å². The number of aliphatic hydroxyl groups is 1. The zero-order valence-electron chi connectivity index (χ0n) is 18.0. The van der Waals surface area contributed by atoms with Crippen LogP contribution in [0, 0.1) is 0 Å². The Kier molecular flexibility index (Phi) is 7.63. The van der Waals surface area contributed by atoms with Crippen LogP contribution in [0.4, 0.5) is 4.39 Å². The minimum atomic E-state index is -1.48. The van der Waals surface area contributed by atoms with Crippen molar-refractivity contribution in [2.75, 3.05) is 19.8 Å². The highest BCUT2D eigenvalue weighted by atomic mass is 35.5. The van der Waals surface area contributed by atoms with E-state index in [-0.39, 0.29) is 54.7 Å². The molecule has 1 atom stereocenters. The van der Waals surface area contributed by atoms with Crippen LogP contribution in [-0.2, 0) is 13.1 Å². The molecule has 2 aromatic rings. The molecule has 0 spiro atoms. The quantitative estimate of drug-likeness (QED) is 0.524. The fourth-order valence-corrected chi connectivity index (χ4v) is 3.42. The highest BCUT2D eigenvalue weighted by Crippen LogP contribution is 2.29. The first-order chi connectivity index (χ1) is 15.3. The Labute approximate surface area is 190 Å². The molecule has 0 saturated heterocycles. The maximum Gasteiger partial charge on any atom is 0.270 e. The van der Waals surface area contributed by atoms with Crippen LogP contribution >= 0.6 is 11.6 Å². The first kappa shape index (κ1) is 23.9. The molecule has 32 heavy (non-hydrogen) atoms. The number of carbonyl (C=O) groups excluding carboxylic acids is 2. The Balaban J connectivity index is 1.69. The Morgan fingerprint density at radius 3 is 2.91 bits per heavy atom. The number of nitrogens with zero attached hydrogens (tertiary/aromatic N) is 3. The summed E-state index contributed by atoms with van der Waals surface area (Å²) < 4.78 is 19.5. The average molecular weight is 465 g/mol. The Hall–Kier alpha value is -2.78.